The maximum absolute atomic E-state index is 12.9. The highest BCUT2D eigenvalue weighted by atomic mass is 19.4. The minimum Gasteiger partial charge on any atom is -0.481 e. The van der Waals surface area contributed by atoms with Gasteiger partial charge in [0.2, 0.25) is 11.8 Å². The molecule has 1 saturated heterocycles. The molecule has 1 saturated carbocycles. The van der Waals surface area contributed by atoms with E-state index < -0.39 is 23.1 Å². The van der Waals surface area contributed by atoms with Crippen molar-refractivity contribution < 1.29 is 32.6 Å². The number of pyridine rings is 1. The van der Waals surface area contributed by atoms with Gasteiger partial charge in [0.25, 0.3) is 0 Å². The van der Waals surface area contributed by atoms with Crippen molar-refractivity contribution in [3.8, 4) is 5.88 Å². The highest BCUT2D eigenvalue weighted by Gasteiger charge is 2.37. The number of aromatic nitrogens is 1. The first-order valence-electron chi connectivity index (χ1n) is 12.8. The van der Waals surface area contributed by atoms with Crippen LogP contribution in [0.15, 0.2) is 42.6 Å². The van der Waals surface area contributed by atoms with E-state index in [1.807, 2.05) is 6.07 Å². The molecule has 2 fully saturated rings. The third kappa shape index (κ3) is 6.69. The van der Waals surface area contributed by atoms with E-state index in [-0.39, 0.29) is 24.3 Å². The van der Waals surface area contributed by atoms with Gasteiger partial charge in [-0.1, -0.05) is 12.1 Å². The van der Waals surface area contributed by atoms with Crippen molar-refractivity contribution in [2.24, 2.45) is 11.8 Å². The maximum Gasteiger partial charge on any atom is 0.416 e. The van der Waals surface area contributed by atoms with E-state index in [9.17, 15) is 27.9 Å². The van der Waals surface area contributed by atoms with Crippen LogP contribution in [-0.4, -0.2) is 46.9 Å². The van der Waals surface area contributed by atoms with Crippen LogP contribution >= 0.6 is 0 Å². The van der Waals surface area contributed by atoms with Gasteiger partial charge in [-0.2, -0.15) is 13.2 Å². The Morgan fingerprint density at radius 3 is 2.51 bits per heavy atom. The average molecular weight is 519 g/mol. The fourth-order valence-corrected chi connectivity index (χ4v) is 5.57. The summed E-state index contributed by atoms with van der Waals surface area (Å²) in [6.45, 7) is 1.27. The number of hydrogen-bond donors (Lipinski definition) is 1. The van der Waals surface area contributed by atoms with Gasteiger partial charge in [-0.15, -0.1) is 0 Å². The highest BCUT2D eigenvalue weighted by Crippen LogP contribution is 2.42. The summed E-state index contributed by atoms with van der Waals surface area (Å²) in [5.74, 6) is 0.780. The van der Waals surface area contributed by atoms with Crippen LogP contribution in [0.25, 0.3) is 0 Å². The Morgan fingerprint density at radius 1 is 1.11 bits per heavy atom. The standard InChI is InChI=1S/C28H33F3N2O4/c1-37-25-7-5-23(17-32-25)27(36)12-9-19(10-13-27)15-20-11-14-33(18-20)26(35)8-6-24(34)21-3-2-4-22(16-21)28(29,30)31/h2-5,7,16-17,19-20,36H,6,8-15,18H2,1H3/t19?,20-,27?/m1/s1. The molecule has 1 aliphatic carbocycles. The molecule has 0 bridgehead atoms. The summed E-state index contributed by atoms with van der Waals surface area (Å²) in [4.78, 5) is 31.1. The number of alkyl halides is 3. The predicted molar refractivity (Wildman–Crippen MR) is 131 cm³/mol. The molecular weight excluding hydrogens is 485 g/mol. The van der Waals surface area contributed by atoms with Crippen molar-refractivity contribution in [3.05, 3.63) is 59.3 Å². The molecule has 2 aliphatic rings. The van der Waals surface area contributed by atoms with Crippen molar-refractivity contribution in [3.63, 3.8) is 0 Å². The van der Waals surface area contributed by atoms with Crippen molar-refractivity contribution in [1.82, 2.24) is 9.88 Å². The van der Waals surface area contributed by atoms with Crippen LogP contribution in [0.3, 0.4) is 0 Å². The van der Waals surface area contributed by atoms with Crippen LogP contribution in [0.2, 0.25) is 0 Å². The number of nitrogens with zero attached hydrogens (tertiary/aromatic N) is 2. The molecule has 37 heavy (non-hydrogen) atoms. The molecule has 4 rings (SSSR count). The predicted octanol–water partition coefficient (Wildman–Crippen LogP) is 5.39. The minimum absolute atomic E-state index is 0.00580. The fourth-order valence-electron chi connectivity index (χ4n) is 5.57. The fraction of sp³-hybridized carbons (Fsp3) is 0.536. The summed E-state index contributed by atoms with van der Waals surface area (Å²) < 4.78 is 43.8. The number of hydrogen-bond acceptors (Lipinski definition) is 5. The molecule has 2 heterocycles. The van der Waals surface area contributed by atoms with E-state index >= 15 is 0 Å². The topological polar surface area (TPSA) is 79.7 Å². The Kier molecular flexibility index (Phi) is 8.21. The largest absolute Gasteiger partial charge is 0.481 e. The molecule has 1 aromatic carbocycles. The van der Waals surface area contributed by atoms with E-state index in [1.165, 1.54) is 12.1 Å². The van der Waals surface area contributed by atoms with Gasteiger partial charge in [0, 0.05) is 49.3 Å². The van der Waals surface area contributed by atoms with Gasteiger partial charge in [-0.3, -0.25) is 9.59 Å². The van der Waals surface area contributed by atoms with E-state index in [4.69, 9.17) is 4.74 Å². The zero-order valence-corrected chi connectivity index (χ0v) is 21.0. The SMILES string of the molecule is COc1ccc(C2(O)CCC(C[C@H]3CCN(C(=O)CCC(=O)c4cccc(C(F)(F)F)c4)C3)CC2)cn1. The van der Waals surface area contributed by atoms with Crippen molar-refractivity contribution >= 4 is 11.7 Å². The molecule has 0 unspecified atom stereocenters. The lowest BCUT2D eigenvalue weighted by atomic mass is 9.73. The molecule has 1 aliphatic heterocycles. The van der Waals surface area contributed by atoms with E-state index in [0.29, 0.717) is 43.6 Å². The summed E-state index contributed by atoms with van der Waals surface area (Å²) in [6.07, 6.45) is 2.07. The van der Waals surface area contributed by atoms with Gasteiger partial charge < -0.3 is 14.7 Å². The smallest absolute Gasteiger partial charge is 0.416 e. The number of halogens is 3. The Morgan fingerprint density at radius 2 is 1.86 bits per heavy atom. The lowest BCUT2D eigenvalue weighted by molar-refractivity contribution is -0.137. The summed E-state index contributed by atoms with van der Waals surface area (Å²) in [7, 11) is 1.56. The Labute approximate surface area is 214 Å². The van der Waals surface area contributed by atoms with Gasteiger partial charge >= 0.3 is 6.18 Å². The Bertz CT molecular complexity index is 1100. The monoisotopic (exact) mass is 518 g/mol. The molecule has 1 aromatic heterocycles. The summed E-state index contributed by atoms with van der Waals surface area (Å²) in [5, 5.41) is 11.1. The highest BCUT2D eigenvalue weighted by molar-refractivity contribution is 5.98. The number of likely N-dealkylation sites (tertiary alicyclic amines) is 1. The lowest BCUT2D eigenvalue weighted by Crippen LogP contribution is -2.33. The molecule has 9 heteroatoms. The number of rotatable bonds is 8. The number of amides is 1. The van der Waals surface area contributed by atoms with Gasteiger partial charge in [-0.05, 0) is 68.6 Å². The van der Waals surface area contributed by atoms with E-state index in [0.717, 1.165) is 43.4 Å². The van der Waals surface area contributed by atoms with Crippen LogP contribution in [-0.2, 0) is 16.6 Å². The zero-order valence-electron chi connectivity index (χ0n) is 21.0. The Balaban J connectivity index is 1.21. The van der Waals surface area contributed by atoms with Gasteiger partial charge in [-0.25, -0.2) is 4.98 Å². The molecule has 0 spiro atoms. The number of carbonyl (C=O) groups excluding carboxylic acids is 2. The normalized spacial score (nSPS) is 24.2. The molecular formula is C28H33F3N2O4. The number of ether oxygens (including phenoxy) is 1. The first-order valence-corrected chi connectivity index (χ1v) is 12.8. The third-order valence-electron chi connectivity index (χ3n) is 7.80. The number of ketones is 1. The van der Waals surface area contributed by atoms with Crippen LogP contribution in [0.1, 0.15) is 72.9 Å². The second kappa shape index (κ2) is 11.2. The second-order valence-electron chi connectivity index (χ2n) is 10.3. The summed E-state index contributed by atoms with van der Waals surface area (Å²) in [6, 6.07) is 7.96. The molecule has 1 amide bonds. The molecule has 1 N–H and O–H groups in total. The van der Waals surface area contributed by atoms with Crippen LogP contribution in [0, 0.1) is 11.8 Å². The van der Waals surface area contributed by atoms with E-state index in [2.05, 4.69) is 4.98 Å². The minimum atomic E-state index is -4.51. The summed E-state index contributed by atoms with van der Waals surface area (Å²) >= 11 is 0. The molecule has 6 nitrogen and oxygen atoms in total. The third-order valence-corrected chi connectivity index (χ3v) is 7.80. The van der Waals surface area contributed by atoms with Crippen molar-refractivity contribution in [2.75, 3.05) is 20.2 Å². The molecule has 200 valence electrons. The zero-order chi connectivity index (χ0) is 26.6. The first kappa shape index (κ1) is 27.1. The number of carbonyl (C=O) groups is 2. The summed E-state index contributed by atoms with van der Waals surface area (Å²) in [5.41, 5.74) is -0.956. The molecule has 2 aromatic rings. The van der Waals surface area contributed by atoms with Crippen LogP contribution < -0.4 is 4.74 Å². The maximum atomic E-state index is 12.9. The van der Waals surface area contributed by atoms with Gasteiger partial charge in [0.05, 0.1) is 18.3 Å². The van der Waals surface area contributed by atoms with Gasteiger partial charge in [0.15, 0.2) is 5.78 Å². The second-order valence-corrected chi connectivity index (χ2v) is 10.3. The van der Waals surface area contributed by atoms with Crippen molar-refractivity contribution in [1.29, 1.82) is 0 Å². The number of aliphatic hydroxyl groups is 1. The Hall–Kier alpha value is -2.94. The number of benzene rings is 1. The molecule has 0 radical (unpaired) electrons. The van der Waals surface area contributed by atoms with Crippen molar-refractivity contribution in [2.45, 2.75) is 63.1 Å². The molecule has 1 atom stereocenters. The van der Waals surface area contributed by atoms with Crippen LogP contribution in [0.5, 0.6) is 5.88 Å². The first-order chi connectivity index (χ1) is 17.6. The average Bonchev–Trinajstić information content (AvgIpc) is 3.37. The lowest BCUT2D eigenvalue weighted by Gasteiger charge is -2.37. The van der Waals surface area contributed by atoms with Crippen LogP contribution in [0.4, 0.5) is 13.2 Å². The number of Topliss-reactive ketones (excluding diaryl/α,β-unsaturated/α-hetero) is 1. The number of methoxy groups -OCH3 is 1. The quantitative estimate of drug-likeness (QED) is 0.474. The van der Waals surface area contributed by atoms with E-state index in [1.54, 1.807) is 24.3 Å². The van der Waals surface area contributed by atoms with Gasteiger partial charge in [0.1, 0.15) is 0 Å².